The Balaban J connectivity index is 1.59. The van der Waals surface area contributed by atoms with Crippen LogP contribution in [-0.2, 0) is 0 Å². The third-order valence-electron chi connectivity index (χ3n) is 3.71. The van der Waals surface area contributed by atoms with Gasteiger partial charge in [-0.25, -0.2) is 4.98 Å². The lowest BCUT2D eigenvalue weighted by molar-refractivity contribution is 0.0947. The van der Waals surface area contributed by atoms with Crippen molar-refractivity contribution in [2.45, 2.75) is 19.4 Å². The molecule has 1 amide bonds. The lowest BCUT2D eigenvalue weighted by Gasteiger charge is -2.13. The summed E-state index contributed by atoms with van der Waals surface area (Å²) in [7, 11) is 0. The molecule has 1 atom stereocenters. The maximum Gasteiger partial charge on any atom is 0.267 e. The van der Waals surface area contributed by atoms with Gasteiger partial charge in [-0.3, -0.25) is 4.79 Å². The summed E-state index contributed by atoms with van der Waals surface area (Å²) in [5.74, 6) is -0.106. The number of hydrogen-bond acceptors (Lipinski definition) is 2. The van der Waals surface area contributed by atoms with Crippen molar-refractivity contribution in [3.8, 4) is 0 Å². The number of rotatable bonds is 5. The average molecular weight is 317 g/mol. The number of aromatic amines is 1. The molecule has 0 bridgehead atoms. The Morgan fingerprint density at radius 1 is 1.45 bits per heavy atom. The Bertz CT molecular complexity index is 779. The highest BCUT2D eigenvalue weighted by Crippen LogP contribution is 2.20. The van der Waals surface area contributed by atoms with E-state index in [-0.39, 0.29) is 5.91 Å². The largest absolute Gasteiger partial charge is 0.351 e. The van der Waals surface area contributed by atoms with Gasteiger partial charge >= 0.3 is 0 Å². The number of carbonyl (C=O) groups excluding carboxylic acids is 1. The summed E-state index contributed by atoms with van der Waals surface area (Å²) < 4.78 is 2.02. The molecule has 0 unspecified atom stereocenters. The SMILES string of the molecule is C[C@@H](CCNC(=O)c1cc2cc(Cl)ccc2[nH]1)n1ccnc1. The molecule has 5 nitrogen and oxygen atoms in total. The van der Waals surface area contributed by atoms with Crippen molar-refractivity contribution in [1.82, 2.24) is 19.9 Å². The molecule has 2 aromatic heterocycles. The van der Waals surface area contributed by atoms with Crippen LogP contribution in [0, 0.1) is 0 Å². The fourth-order valence-corrected chi connectivity index (χ4v) is 2.58. The molecule has 0 aliphatic heterocycles. The maximum atomic E-state index is 12.2. The molecule has 114 valence electrons. The molecule has 3 rings (SSSR count). The van der Waals surface area contributed by atoms with Crippen LogP contribution in [-0.4, -0.2) is 27.0 Å². The summed E-state index contributed by atoms with van der Waals surface area (Å²) in [6, 6.07) is 7.62. The predicted octanol–water partition coefficient (Wildman–Crippen LogP) is 3.40. The first-order valence-electron chi connectivity index (χ1n) is 7.17. The fraction of sp³-hybridized carbons (Fsp3) is 0.250. The van der Waals surface area contributed by atoms with E-state index in [4.69, 9.17) is 11.6 Å². The number of H-pyrrole nitrogens is 1. The third-order valence-corrected chi connectivity index (χ3v) is 3.94. The van der Waals surface area contributed by atoms with E-state index in [9.17, 15) is 4.79 Å². The van der Waals surface area contributed by atoms with Crippen LogP contribution in [0.2, 0.25) is 5.02 Å². The second kappa shape index (κ2) is 6.23. The number of carbonyl (C=O) groups is 1. The Hall–Kier alpha value is -2.27. The predicted molar refractivity (Wildman–Crippen MR) is 87.2 cm³/mol. The molecular weight excluding hydrogens is 300 g/mol. The van der Waals surface area contributed by atoms with Crippen LogP contribution in [0.5, 0.6) is 0 Å². The Labute approximate surface area is 133 Å². The zero-order chi connectivity index (χ0) is 15.5. The summed E-state index contributed by atoms with van der Waals surface area (Å²) >= 11 is 5.95. The first kappa shape index (κ1) is 14.7. The smallest absolute Gasteiger partial charge is 0.267 e. The van der Waals surface area contributed by atoms with Gasteiger partial charge in [-0.15, -0.1) is 0 Å². The van der Waals surface area contributed by atoms with E-state index in [2.05, 4.69) is 22.2 Å². The van der Waals surface area contributed by atoms with E-state index in [1.54, 1.807) is 18.6 Å². The van der Waals surface area contributed by atoms with Crippen LogP contribution >= 0.6 is 11.6 Å². The number of aromatic nitrogens is 3. The summed E-state index contributed by atoms with van der Waals surface area (Å²) in [6.07, 6.45) is 6.31. The summed E-state index contributed by atoms with van der Waals surface area (Å²) in [5, 5.41) is 4.52. The van der Waals surface area contributed by atoms with Crippen LogP contribution in [0.3, 0.4) is 0 Å². The Morgan fingerprint density at radius 3 is 3.09 bits per heavy atom. The molecule has 22 heavy (non-hydrogen) atoms. The number of hydrogen-bond donors (Lipinski definition) is 2. The van der Waals surface area contributed by atoms with Crippen LogP contribution in [0.4, 0.5) is 0 Å². The number of fused-ring (bicyclic) bond motifs is 1. The minimum absolute atomic E-state index is 0.106. The Kier molecular flexibility index (Phi) is 4.15. The van der Waals surface area contributed by atoms with Crippen LogP contribution in [0.15, 0.2) is 43.0 Å². The minimum atomic E-state index is -0.106. The van der Waals surface area contributed by atoms with E-state index in [0.29, 0.717) is 23.3 Å². The molecule has 3 aromatic rings. The first-order valence-corrected chi connectivity index (χ1v) is 7.55. The zero-order valence-electron chi connectivity index (χ0n) is 12.2. The van der Waals surface area contributed by atoms with Gasteiger partial charge in [-0.2, -0.15) is 0 Å². The van der Waals surface area contributed by atoms with Gasteiger partial charge < -0.3 is 14.9 Å². The van der Waals surface area contributed by atoms with Crippen LogP contribution in [0.25, 0.3) is 10.9 Å². The molecule has 1 aromatic carbocycles. The fourth-order valence-electron chi connectivity index (χ4n) is 2.39. The van der Waals surface area contributed by atoms with Gasteiger partial charge in [0.05, 0.1) is 6.33 Å². The third kappa shape index (κ3) is 3.14. The molecule has 0 radical (unpaired) electrons. The van der Waals surface area contributed by atoms with Crippen molar-refractivity contribution in [2.24, 2.45) is 0 Å². The van der Waals surface area contributed by atoms with Crippen molar-refractivity contribution in [1.29, 1.82) is 0 Å². The molecule has 0 aliphatic rings. The molecule has 6 heteroatoms. The highest BCUT2D eigenvalue weighted by molar-refractivity contribution is 6.31. The normalized spacial score (nSPS) is 12.5. The highest BCUT2D eigenvalue weighted by atomic mass is 35.5. The molecule has 0 saturated carbocycles. The lowest BCUT2D eigenvalue weighted by atomic mass is 10.2. The number of nitrogens with one attached hydrogen (secondary N) is 2. The maximum absolute atomic E-state index is 12.2. The van der Waals surface area contributed by atoms with E-state index >= 15 is 0 Å². The van der Waals surface area contributed by atoms with Crippen LogP contribution in [0.1, 0.15) is 29.9 Å². The van der Waals surface area contributed by atoms with Gasteiger partial charge in [0.1, 0.15) is 5.69 Å². The molecule has 0 fully saturated rings. The van der Waals surface area contributed by atoms with Gasteiger partial charge in [-0.1, -0.05) is 11.6 Å². The van der Waals surface area contributed by atoms with E-state index in [1.165, 1.54) is 0 Å². The zero-order valence-corrected chi connectivity index (χ0v) is 13.0. The summed E-state index contributed by atoms with van der Waals surface area (Å²) in [4.78, 5) is 19.3. The highest BCUT2D eigenvalue weighted by Gasteiger charge is 2.10. The van der Waals surface area contributed by atoms with Gasteiger partial charge in [0.2, 0.25) is 0 Å². The number of amides is 1. The number of benzene rings is 1. The van der Waals surface area contributed by atoms with E-state index in [0.717, 1.165) is 17.3 Å². The molecule has 0 spiro atoms. The van der Waals surface area contributed by atoms with E-state index in [1.807, 2.05) is 29.0 Å². The molecular formula is C16H17ClN4O. The van der Waals surface area contributed by atoms with Crippen molar-refractivity contribution in [3.05, 3.63) is 53.7 Å². The number of halogens is 1. The second-order valence-electron chi connectivity index (χ2n) is 5.32. The molecule has 2 heterocycles. The topological polar surface area (TPSA) is 62.7 Å². The van der Waals surface area contributed by atoms with Gasteiger partial charge in [-0.05, 0) is 37.6 Å². The first-order chi connectivity index (χ1) is 10.6. The molecule has 0 saturated heterocycles. The van der Waals surface area contributed by atoms with E-state index < -0.39 is 0 Å². The van der Waals surface area contributed by atoms with Gasteiger partial charge in [0, 0.05) is 40.9 Å². The summed E-state index contributed by atoms with van der Waals surface area (Å²) in [6.45, 7) is 2.70. The number of nitrogens with zero attached hydrogens (tertiary/aromatic N) is 2. The van der Waals surface area contributed by atoms with Crippen LogP contribution < -0.4 is 5.32 Å². The Morgan fingerprint density at radius 2 is 2.32 bits per heavy atom. The summed E-state index contributed by atoms with van der Waals surface area (Å²) in [5.41, 5.74) is 1.45. The van der Waals surface area contributed by atoms with Gasteiger partial charge in [0.25, 0.3) is 5.91 Å². The van der Waals surface area contributed by atoms with Crippen molar-refractivity contribution in [3.63, 3.8) is 0 Å². The van der Waals surface area contributed by atoms with Crippen molar-refractivity contribution in [2.75, 3.05) is 6.54 Å². The molecule has 0 aliphatic carbocycles. The standard InChI is InChI=1S/C16H17ClN4O/c1-11(21-7-6-18-10-21)4-5-19-16(22)15-9-12-8-13(17)2-3-14(12)20-15/h2-3,6-11,20H,4-5H2,1H3,(H,19,22)/t11-/m0/s1. The molecule has 2 N–H and O–H groups in total. The number of imidazole rings is 1. The second-order valence-corrected chi connectivity index (χ2v) is 5.75. The monoisotopic (exact) mass is 316 g/mol. The van der Waals surface area contributed by atoms with Crippen molar-refractivity contribution < 1.29 is 4.79 Å². The average Bonchev–Trinajstić information content (AvgIpc) is 3.15. The van der Waals surface area contributed by atoms with Gasteiger partial charge in [0.15, 0.2) is 0 Å². The lowest BCUT2D eigenvalue weighted by Crippen LogP contribution is -2.26. The van der Waals surface area contributed by atoms with Crippen molar-refractivity contribution >= 4 is 28.4 Å². The minimum Gasteiger partial charge on any atom is -0.351 e. The quantitative estimate of drug-likeness (QED) is 0.757.